The molecule has 0 spiro atoms. The molecule has 72 valence electrons. The third kappa shape index (κ3) is 2.04. The minimum atomic E-state index is -3.73. The predicted molar refractivity (Wildman–Crippen MR) is 45.8 cm³/mol. The van der Waals surface area contributed by atoms with Crippen molar-refractivity contribution >= 4 is 27.3 Å². The summed E-state index contributed by atoms with van der Waals surface area (Å²) in [5.41, 5.74) is -0.0705. The first-order valence-corrected chi connectivity index (χ1v) is 5.38. The van der Waals surface area contributed by atoms with Crippen molar-refractivity contribution in [3.8, 4) is 0 Å². The summed E-state index contributed by atoms with van der Waals surface area (Å²) >= 11 is 0.798. The highest BCUT2D eigenvalue weighted by Crippen LogP contribution is 2.19. The lowest BCUT2D eigenvalue weighted by Gasteiger charge is -1.95. The topological polar surface area (TPSA) is 109 Å². The fourth-order valence-electron chi connectivity index (χ4n) is 0.628. The number of nitrogens with one attached hydrogen (secondary N) is 1. The van der Waals surface area contributed by atoms with Crippen LogP contribution in [0.25, 0.3) is 0 Å². The summed E-state index contributed by atoms with van der Waals surface area (Å²) in [6.07, 6.45) is 0. The zero-order valence-electron chi connectivity index (χ0n) is 6.22. The average Bonchev–Trinajstić information content (AvgIpc) is 2.52. The summed E-state index contributed by atoms with van der Waals surface area (Å²) in [6, 6.07) is 1.04. The van der Waals surface area contributed by atoms with Gasteiger partial charge in [0.05, 0.1) is 5.56 Å². The highest BCUT2D eigenvalue weighted by Gasteiger charge is 2.16. The van der Waals surface area contributed by atoms with Crippen LogP contribution in [0.1, 0.15) is 10.4 Å². The van der Waals surface area contributed by atoms with Crippen molar-refractivity contribution in [1.29, 1.82) is 0 Å². The fraction of sp³-hybridized carbons (Fsp3) is 0. The van der Waals surface area contributed by atoms with E-state index in [9.17, 15) is 13.2 Å². The van der Waals surface area contributed by atoms with Crippen LogP contribution in [0.3, 0.4) is 0 Å². The Hall–Kier alpha value is -0.960. The molecule has 0 unspecified atom stereocenters. The molecule has 0 saturated carbocycles. The van der Waals surface area contributed by atoms with Crippen LogP contribution in [-0.2, 0) is 10.0 Å². The molecule has 1 aromatic rings. The second kappa shape index (κ2) is 3.42. The first kappa shape index (κ1) is 10.1. The number of nitrogens with two attached hydrogens (primary N) is 1. The largest absolute Gasteiger partial charge is 0.478 e. The molecule has 1 aromatic heterocycles. The Morgan fingerprint density at radius 3 is 2.62 bits per heavy atom. The Balaban J connectivity index is 3.13. The van der Waals surface area contributed by atoms with Crippen molar-refractivity contribution in [1.82, 2.24) is 4.83 Å². The van der Waals surface area contributed by atoms with Crippen molar-refractivity contribution in [3.63, 3.8) is 0 Å². The third-order valence-corrected chi connectivity index (χ3v) is 3.87. The number of aromatic carboxylic acids is 1. The van der Waals surface area contributed by atoms with E-state index in [1.165, 1.54) is 5.38 Å². The molecule has 6 nitrogen and oxygen atoms in total. The van der Waals surface area contributed by atoms with Gasteiger partial charge in [-0.15, -0.1) is 16.2 Å². The van der Waals surface area contributed by atoms with Crippen molar-refractivity contribution in [2.45, 2.75) is 4.21 Å². The first-order valence-electron chi connectivity index (χ1n) is 3.01. The second-order valence-corrected chi connectivity index (χ2v) is 4.93. The van der Waals surface area contributed by atoms with Crippen LogP contribution in [0, 0.1) is 0 Å². The lowest BCUT2D eigenvalue weighted by Crippen LogP contribution is -2.29. The number of carboxylic acid groups (broad SMARTS) is 1. The Morgan fingerprint density at radius 2 is 2.23 bits per heavy atom. The molecule has 4 N–H and O–H groups in total. The SMILES string of the molecule is NNS(=O)(=O)c1cc(C(=O)O)cs1. The van der Waals surface area contributed by atoms with Crippen LogP contribution in [0.2, 0.25) is 0 Å². The van der Waals surface area contributed by atoms with Gasteiger partial charge in [0.2, 0.25) is 0 Å². The third-order valence-electron chi connectivity index (χ3n) is 1.24. The molecule has 0 bridgehead atoms. The number of hydrogen-bond donors (Lipinski definition) is 3. The van der Waals surface area contributed by atoms with Crippen LogP contribution >= 0.6 is 11.3 Å². The van der Waals surface area contributed by atoms with Crippen molar-refractivity contribution in [3.05, 3.63) is 17.0 Å². The Bertz CT molecular complexity index is 421. The predicted octanol–water partition coefficient (Wildman–Crippen LogP) is -0.402. The molecule has 0 aliphatic carbocycles. The van der Waals surface area contributed by atoms with E-state index in [0.29, 0.717) is 0 Å². The van der Waals surface area contributed by atoms with E-state index in [4.69, 9.17) is 10.9 Å². The fourth-order valence-corrected chi connectivity index (χ4v) is 2.43. The number of hydrogen-bond acceptors (Lipinski definition) is 5. The summed E-state index contributed by atoms with van der Waals surface area (Å²) in [5, 5.41) is 9.73. The van der Waals surface area contributed by atoms with E-state index < -0.39 is 16.0 Å². The van der Waals surface area contributed by atoms with Crippen molar-refractivity contribution < 1.29 is 18.3 Å². The number of hydrazine groups is 1. The maximum atomic E-state index is 11.0. The molecule has 1 heterocycles. The standard InChI is InChI=1S/C5H6N2O4S2/c6-7-13(10,11)4-1-3(2-12-4)5(8)9/h1-2,7H,6H2,(H,8,9). The minimum Gasteiger partial charge on any atom is -0.478 e. The number of thiophene rings is 1. The second-order valence-electron chi connectivity index (χ2n) is 2.08. The van der Waals surface area contributed by atoms with E-state index in [2.05, 4.69) is 0 Å². The van der Waals surface area contributed by atoms with Gasteiger partial charge in [0, 0.05) is 5.38 Å². The quantitative estimate of drug-likeness (QED) is 0.476. The maximum absolute atomic E-state index is 11.0. The lowest BCUT2D eigenvalue weighted by molar-refractivity contribution is 0.0697. The van der Waals surface area contributed by atoms with Gasteiger partial charge < -0.3 is 5.11 Å². The van der Waals surface area contributed by atoms with Gasteiger partial charge in [0.1, 0.15) is 4.21 Å². The molecule has 0 saturated heterocycles. The van der Waals surface area contributed by atoms with Gasteiger partial charge in [-0.25, -0.2) is 13.2 Å². The Kier molecular flexibility index (Phi) is 2.66. The normalized spacial score (nSPS) is 11.5. The van der Waals surface area contributed by atoms with E-state index in [1.54, 1.807) is 4.83 Å². The number of carbonyl (C=O) groups is 1. The summed E-state index contributed by atoms with van der Waals surface area (Å²) in [5.74, 6) is 3.57. The van der Waals surface area contributed by atoms with E-state index in [0.717, 1.165) is 17.4 Å². The van der Waals surface area contributed by atoms with Crippen LogP contribution in [0.5, 0.6) is 0 Å². The summed E-state index contributed by atoms with van der Waals surface area (Å²) in [7, 11) is -3.73. The van der Waals surface area contributed by atoms with Gasteiger partial charge in [0.25, 0.3) is 10.0 Å². The zero-order valence-corrected chi connectivity index (χ0v) is 7.85. The molecule has 1 rings (SSSR count). The van der Waals surface area contributed by atoms with Gasteiger partial charge in [-0.1, -0.05) is 0 Å². The Labute approximate surface area is 78.0 Å². The molecule has 8 heteroatoms. The van der Waals surface area contributed by atoms with Gasteiger partial charge in [0.15, 0.2) is 0 Å². The number of carboxylic acids is 1. The molecule has 0 aliphatic rings. The summed E-state index contributed by atoms with van der Waals surface area (Å²) < 4.78 is 21.9. The molecule has 0 aliphatic heterocycles. The smallest absolute Gasteiger partial charge is 0.336 e. The van der Waals surface area contributed by atoms with Crippen molar-refractivity contribution in [2.75, 3.05) is 0 Å². The molecule has 0 radical (unpaired) electrons. The van der Waals surface area contributed by atoms with Gasteiger partial charge >= 0.3 is 5.97 Å². The minimum absolute atomic E-state index is 0.0705. The van der Waals surface area contributed by atoms with Crippen LogP contribution in [0.15, 0.2) is 15.7 Å². The molecule has 0 amide bonds. The van der Waals surface area contributed by atoms with Crippen LogP contribution in [0.4, 0.5) is 0 Å². The van der Waals surface area contributed by atoms with E-state index in [-0.39, 0.29) is 9.77 Å². The number of rotatable bonds is 3. The number of sulfonamides is 1. The van der Waals surface area contributed by atoms with Gasteiger partial charge in [-0.05, 0) is 6.07 Å². The van der Waals surface area contributed by atoms with E-state index >= 15 is 0 Å². The molecule has 13 heavy (non-hydrogen) atoms. The monoisotopic (exact) mass is 222 g/mol. The van der Waals surface area contributed by atoms with Gasteiger partial charge in [-0.2, -0.15) is 0 Å². The Morgan fingerprint density at radius 1 is 1.62 bits per heavy atom. The maximum Gasteiger partial charge on any atom is 0.336 e. The molecule has 0 atom stereocenters. The highest BCUT2D eigenvalue weighted by atomic mass is 32.2. The zero-order chi connectivity index (χ0) is 10.1. The van der Waals surface area contributed by atoms with Gasteiger partial charge in [-0.3, -0.25) is 5.84 Å². The average molecular weight is 222 g/mol. The summed E-state index contributed by atoms with van der Waals surface area (Å²) in [4.78, 5) is 12.0. The highest BCUT2D eigenvalue weighted by molar-refractivity contribution is 7.91. The van der Waals surface area contributed by atoms with Crippen molar-refractivity contribution in [2.24, 2.45) is 5.84 Å². The first-order chi connectivity index (χ1) is 5.97. The van der Waals surface area contributed by atoms with Crippen LogP contribution < -0.4 is 10.7 Å². The molecule has 0 fully saturated rings. The van der Waals surface area contributed by atoms with Crippen LogP contribution in [-0.4, -0.2) is 19.5 Å². The molecule has 0 aromatic carbocycles. The lowest BCUT2D eigenvalue weighted by atomic mass is 10.4. The molecular weight excluding hydrogens is 216 g/mol. The molecular formula is C5H6N2O4S2. The van der Waals surface area contributed by atoms with E-state index in [1.807, 2.05) is 0 Å². The summed E-state index contributed by atoms with van der Waals surface area (Å²) in [6.45, 7) is 0.